The summed E-state index contributed by atoms with van der Waals surface area (Å²) in [4.78, 5) is 15.6. The topological polar surface area (TPSA) is 32.8 Å². The zero-order valence-electron chi connectivity index (χ0n) is 24.5. The van der Waals surface area contributed by atoms with Crippen LogP contribution in [-0.4, -0.2) is 20.4 Å². The lowest BCUT2D eigenvalue weighted by atomic mass is 9.87. The van der Waals surface area contributed by atoms with E-state index in [1.807, 2.05) is 43.4 Å². The van der Waals surface area contributed by atoms with Gasteiger partial charge in [-0.2, -0.15) is 0 Å². The summed E-state index contributed by atoms with van der Waals surface area (Å²) in [5, 5.41) is 0. The van der Waals surface area contributed by atoms with Crippen LogP contribution >= 0.6 is 0 Å². The van der Waals surface area contributed by atoms with Gasteiger partial charge in [-0.1, -0.05) is 75.4 Å². The third-order valence-corrected chi connectivity index (χ3v) is 7.72. The Morgan fingerprint density at radius 1 is 0.805 bits per heavy atom. The SMILES string of the molecule is COc1cccc(N(c2ccc(C3C=CC(N(C)c4cccc(C=O)c4)=CC3)cc2)c2cccc(C(C)(C)C)c2)c1. The summed E-state index contributed by atoms with van der Waals surface area (Å²) in [6.45, 7) is 6.73. The Bertz CT molecular complexity index is 1580. The number of carbonyl (C=O) groups is 1. The molecule has 1 aliphatic rings. The highest BCUT2D eigenvalue weighted by molar-refractivity contribution is 5.78. The van der Waals surface area contributed by atoms with Gasteiger partial charge in [-0.3, -0.25) is 4.79 Å². The number of hydrogen-bond acceptors (Lipinski definition) is 4. The van der Waals surface area contributed by atoms with Crippen LogP contribution in [-0.2, 0) is 5.41 Å². The van der Waals surface area contributed by atoms with Gasteiger partial charge >= 0.3 is 0 Å². The van der Waals surface area contributed by atoms with E-state index >= 15 is 0 Å². The predicted octanol–water partition coefficient (Wildman–Crippen LogP) is 9.34. The van der Waals surface area contributed by atoms with Gasteiger partial charge in [-0.15, -0.1) is 0 Å². The Hall–Kier alpha value is -4.57. The molecular weight excluding hydrogens is 504 g/mol. The van der Waals surface area contributed by atoms with E-state index in [0.717, 1.165) is 46.9 Å². The second-order valence-electron chi connectivity index (χ2n) is 11.5. The van der Waals surface area contributed by atoms with E-state index in [0.29, 0.717) is 11.5 Å². The molecule has 0 aliphatic heterocycles. The molecule has 0 radical (unpaired) electrons. The second-order valence-corrected chi connectivity index (χ2v) is 11.5. The highest BCUT2D eigenvalue weighted by Crippen LogP contribution is 2.39. The number of rotatable bonds is 8. The van der Waals surface area contributed by atoms with Crippen LogP contribution in [0.2, 0.25) is 0 Å². The van der Waals surface area contributed by atoms with Gasteiger partial charge in [-0.25, -0.2) is 0 Å². The summed E-state index contributed by atoms with van der Waals surface area (Å²) < 4.78 is 5.56. The van der Waals surface area contributed by atoms with Crippen LogP contribution in [0.1, 0.15) is 54.6 Å². The molecule has 4 heteroatoms. The Labute approximate surface area is 244 Å². The molecule has 0 bridgehead atoms. The first kappa shape index (κ1) is 28.0. The number of nitrogens with zero attached hydrogens (tertiary/aromatic N) is 2. The Kier molecular flexibility index (Phi) is 8.11. The van der Waals surface area contributed by atoms with Gasteiger partial charge in [0, 0.05) is 53.0 Å². The molecule has 0 fully saturated rings. The molecule has 4 aromatic carbocycles. The van der Waals surface area contributed by atoms with Gasteiger partial charge in [0.05, 0.1) is 7.11 Å². The third-order valence-electron chi connectivity index (χ3n) is 7.72. The standard InChI is InChI=1S/C37H38N2O2/c1-37(2,3)30-10-7-12-34(24-30)39(35-13-8-14-36(25-35)41-5)32-21-17-29(18-22-32)28-15-19-31(20-16-28)38(4)33-11-6-9-27(23-33)26-40/h6-15,17-26,28H,16H2,1-5H3. The van der Waals surface area contributed by atoms with Gasteiger partial charge in [-0.05, 0) is 77.6 Å². The molecular formula is C37H38N2O2. The Balaban J connectivity index is 1.41. The molecule has 1 atom stereocenters. The van der Waals surface area contributed by atoms with E-state index in [4.69, 9.17) is 4.74 Å². The van der Waals surface area contributed by atoms with Gasteiger partial charge in [0.15, 0.2) is 0 Å². The van der Waals surface area contributed by atoms with Crippen molar-refractivity contribution >= 4 is 29.0 Å². The van der Waals surface area contributed by atoms with E-state index in [1.165, 1.54) is 11.1 Å². The number of methoxy groups -OCH3 is 1. The maximum Gasteiger partial charge on any atom is 0.150 e. The number of allylic oxidation sites excluding steroid dienone is 3. The first-order valence-corrected chi connectivity index (χ1v) is 14.1. The van der Waals surface area contributed by atoms with Crippen molar-refractivity contribution < 1.29 is 9.53 Å². The number of aldehydes is 1. The fraction of sp³-hybridized carbons (Fsp3) is 0.216. The number of hydrogen-bond donors (Lipinski definition) is 0. The van der Waals surface area contributed by atoms with Crippen molar-refractivity contribution in [2.45, 2.75) is 38.5 Å². The van der Waals surface area contributed by atoms with Crippen LogP contribution < -0.4 is 14.5 Å². The van der Waals surface area contributed by atoms with Gasteiger partial charge < -0.3 is 14.5 Å². The maximum atomic E-state index is 11.2. The molecule has 4 nitrogen and oxygen atoms in total. The van der Waals surface area contributed by atoms with Crippen LogP contribution in [0.25, 0.3) is 0 Å². The van der Waals surface area contributed by atoms with Crippen molar-refractivity contribution in [3.63, 3.8) is 0 Å². The second kappa shape index (κ2) is 11.9. The lowest BCUT2D eigenvalue weighted by molar-refractivity contribution is 0.112. The summed E-state index contributed by atoms with van der Waals surface area (Å²) in [5.41, 5.74) is 8.69. The summed E-state index contributed by atoms with van der Waals surface area (Å²) >= 11 is 0. The molecule has 41 heavy (non-hydrogen) atoms. The van der Waals surface area contributed by atoms with E-state index < -0.39 is 0 Å². The van der Waals surface area contributed by atoms with Gasteiger partial charge in [0.25, 0.3) is 0 Å². The number of benzene rings is 4. The van der Waals surface area contributed by atoms with Gasteiger partial charge in [0.1, 0.15) is 12.0 Å². The molecule has 208 valence electrons. The minimum atomic E-state index is 0.0466. The third kappa shape index (κ3) is 6.28. The molecule has 0 N–H and O–H groups in total. The molecule has 0 spiro atoms. The van der Waals surface area contributed by atoms with Crippen molar-refractivity contribution in [1.82, 2.24) is 0 Å². The smallest absolute Gasteiger partial charge is 0.150 e. The van der Waals surface area contributed by atoms with Crippen LogP contribution in [0.4, 0.5) is 22.7 Å². The summed E-state index contributed by atoms with van der Waals surface area (Å²) in [7, 11) is 3.74. The molecule has 1 aliphatic carbocycles. The molecule has 5 rings (SSSR count). The molecule has 0 saturated heterocycles. The lowest BCUT2D eigenvalue weighted by Crippen LogP contribution is -2.17. The molecule has 0 amide bonds. The van der Waals surface area contributed by atoms with E-state index in [9.17, 15) is 4.79 Å². The number of anilines is 4. The van der Waals surface area contributed by atoms with E-state index in [2.05, 4.69) is 109 Å². The highest BCUT2D eigenvalue weighted by atomic mass is 16.5. The fourth-order valence-electron chi connectivity index (χ4n) is 5.24. The minimum Gasteiger partial charge on any atom is -0.497 e. The normalized spacial score (nSPS) is 14.8. The number of ether oxygens (including phenoxy) is 1. The fourth-order valence-corrected chi connectivity index (χ4v) is 5.24. The van der Waals surface area contributed by atoms with Crippen LogP contribution in [0.15, 0.2) is 121 Å². The predicted molar refractivity (Wildman–Crippen MR) is 171 cm³/mol. The average molecular weight is 543 g/mol. The molecule has 0 saturated carbocycles. The molecule has 0 heterocycles. The van der Waals surface area contributed by atoms with Crippen LogP contribution in [0.3, 0.4) is 0 Å². The summed E-state index contributed by atoms with van der Waals surface area (Å²) in [6.07, 6.45) is 8.52. The first-order chi connectivity index (χ1) is 19.8. The summed E-state index contributed by atoms with van der Waals surface area (Å²) in [5.74, 6) is 1.13. The Morgan fingerprint density at radius 2 is 1.49 bits per heavy atom. The average Bonchev–Trinajstić information content (AvgIpc) is 3.01. The van der Waals surface area contributed by atoms with Crippen molar-refractivity contribution in [1.29, 1.82) is 0 Å². The summed E-state index contributed by atoms with van der Waals surface area (Å²) in [6, 6.07) is 33.6. The number of likely N-dealkylation sites (N-methyl/N-ethyl adjacent to an activating group) is 1. The quantitative estimate of drug-likeness (QED) is 0.208. The largest absolute Gasteiger partial charge is 0.497 e. The lowest BCUT2D eigenvalue weighted by Gasteiger charge is -2.29. The monoisotopic (exact) mass is 542 g/mol. The zero-order chi connectivity index (χ0) is 29.0. The highest BCUT2D eigenvalue weighted by Gasteiger charge is 2.19. The van der Waals surface area contributed by atoms with Crippen molar-refractivity contribution in [2.75, 3.05) is 24.0 Å². The Morgan fingerprint density at radius 3 is 2.15 bits per heavy atom. The van der Waals surface area contributed by atoms with Crippen LogP contribution in [0, 0.1) is 0 Å². The van der Waals surface area contributed by atoms with Gasteiger partial charge in [0.2, 0.25) is 0 Å². The molecule has 1 unspecified atom stereocenters. The van der Waals surface area contributed by atoms with Crippen molar-refractivity contribution in [3.8, 4) is 5.75 Å². The van der Waals surface area contributed by atoms with Crippen LogP contribution in [0.5, 0.6) is 5.75 Å². The van der Waals surface area contributed by atoms with Crippen molar-refractivity contribution in [3.05, 3.63) is 138 Å². The van der Waals surface area contributed by atoms with E-state index in [1.54, 1.807) is 7.11 Å². The molecule has 4 aromatic rings. The zero-order valence-corrected chi connectivity index (χ0v) is 24.5. The van der Waals surface area contributed by atoms with E-state index in [-0.39, 0.29) is 5.41 Å². The van der Waals surface area contributed by atoms with Crippen molar-refractivity contribution in [2.24, 2.45) is 0 Å². The number of carbonyl (C=O) groups excluding carboxylic acids is 1. The minimum absolute atomic E-state index is 0.0466. The maximum absolute atomic E-state index is 11.2. The molecule has 0 aromatic heterocycles. The first-order valence-electron chi connectivity index (χ1n) is 14.1.